The van der Waals surface area contributed by atoms with Gasteiger partial charge >= 0.3 is 0 Å². The highest BCUT2D eigenvalue weighted by atomic mass is 32.2. The number of amidine groups is 1. The first-order valence-corrected chi connectivity index (χ1v) is 4.97. The van der Waals surface area contributed by atoms with Gasteiger partial charge in [-0.1, -0.05) is 11.8 Å². The van der Waals surface area contributed by atoms with Crippen molar-refractivity contribution in [3.05, 3.63) is 0 Å². The molecule has 0 aromatic heterocycles. The zero-order valence-corrected chi connectivity index (χ0v) is 7.37. The lowest BCUT2D eigenvalue weighted by molar-refractivity contribution is 0.319. The first kappa shape index (κ1) is 6.85. The number of thioether (sulfide) groups is 1. The van der Waals surface area contributed by atoms with E-state index >= 15 is 0 Å². The Bertz CT molecular complexity index is 163. The summed E-state index contributed by atoms with van der Waals surface area (Å²) in [6.07, 6.45) is 0. The summed E-state index contributed by atoms with van der Waals surface area (Å²) in [6, 6.07) is 0. The summed E-state index contributed by atoms with van der Waals surface area (Å²) in [5, 5.41) is 1.83. The second-order valence-electron chi connectivity index (χ2n) is 2.57. The molecule has 0 aromatic rings. The summed E-state index contributed by atoms with van der Waals surface area (Å²) in [5.41, 5.74) is 0. The van der Waals surface area contributed by atoms with Gasteiger partial charge < -0.3 is 4.90 Å². The Kier molecular flexibility index (Phi) is 1.82. The molecular formula is C6H10N2S2. The quantitative estimate of drug-likeness (QED) is 0.544. The van der Waals surface area contributed by atoms with Gasteiger partial charge in [0.25, 0.3) is 0 Å². The van der Waals surface area contributed by atoms with Gasteiger partial charge in [0.2, 0.25) is 0 Å². The van der Waals surface area contributed by atoms with Crippen LogP contribution in [0.25, 0.3) is 0 Å². The van der Waals surface area contributed by atoms with E-state index in [1.54, 1.807) is 0 Å². The molecule has 0 unspecified atom stereocenters. The number of aliphatic imine (C=N–C) groups is 1. The summed E-state index contributed by atoms with van der Waals surface area (Å²) < 4.78 is 0. The minimum atomic E-state index is 0.587. The Morgan fingerprint density at radius 3 is 2.90 bits per heavy atom. The molecule has 0 aromatic carbocycles. The molecular weight excluding hydrogens is 164 g/mol. The Morgan fingerprint density at radius 1 is 1.60 bits per heavy atom. The Morgan fingerprint density at radius 2 is 2.40 bits per heavy atom. The van der Waals surface area contributed by atoms with Crippen LogP contribution in [0, 0.1) is 0 Å². The minimum absolute atomic E-state index is 0.587. The number of nitrogens with zero attached hydrogens (tertiary/aromatic N) is 2. The van der Waals surface area contributed by atoms with Gasteiger partial charge in [0.1, 0.15) is 0 Å². The molecule has 2 aliphatic heterocycles. The van der Waals surface area contributed by atoms with Crippen molar-refractivity contribution < 1.29 is 0 Å². The largest absolute Gasteiger partial charge is 0.349 e. The van der Waals surface area contributed by atoms with Crippen LogP contribution in [0.15, 0.2) is 4.99 Å². The molecule has 0 spiro atoms. The molecule has 1 fully saturated rings. The fraction of sp³-hybridized carbons (Fsp3) is 0.833. The first-order valence-electron chi connectivity index (χ1n) is 3.46. The molecule has 1 saturated heterocycles. The van der Waals surface area contributed by atoms with E-state index in [4.69, 9.17) is 0 Å². The highest BCUT2D eigenvalue weighted by Crippen LogP contribution is 2.22. The highest BCUT2D eigenvalue weighted by molar-refractivity contribution is 8.14. The molecule has 0 N–H and O–H groups in total. The molecule has 0 bridgehead atoms. The van der Waals surface area contributed by atoms with Crippen LogP contribution >= 0.6 is 24.4 Å². The van der Waals surface area contributed by atoms with E-state index < -0.39 is 0 Å². The lowest BCUT2D eigenvalue weighted by Gasteiger charge is -2.37. The normalized spacial score (nSPS) is 26.5. The van der Waals surface area contributed by atoms with Crippen LogP contribution < -0.4 is 0 Å². The van der Waals surface area contributed by atoms with Crippen LogP contribution in [0.5, 0.6) is 0 Å². The SMILES string of the molecule is SC1CN(C2=NCCS2)C1. The highest BCUT2D eigenvalue weighted by Gasteiger charge is 2.27. The third kappa shape index (κ3) is 1.14. The van der Waals surface area contributed by atoms with Gasteiger partial charge in [0, 0.05) is 24.1 Å². The summed E-state index contributed by atoms with van der Waals surface area (Å²) >= 11 is 6.20. The van der Waals surface area contributed by atoms with Crippen LogP contribution in [0.3, 0.4) is 0 Å². The number of rotatable bonds is 0. The van der Waals surface area contributed by atoms with Crippen molar-refractivity contribution in [3.8, 4) is 0 Å². The van der Waals surface area contributed by atoms with Crippen molar-refractivity contribution in [3.63, 3.8) is 0 Å². The van der Waals surface area contributed by atoms with E-state index in [-0.39, 0.29) is 0 Å². The molecule has 2 rings (SSSR count). The van der Waals surface area contributed by atoms with E-state index in [2.05, 4.69) is 22.5 Å². The third-order valence-electron chi connectivity index (χ3n) is 1.70. The van der Waals surface area contributed by atoms with E-state index in [0.717, 1.165) is 19.6 Å². The molecule has 10 heavy (non-hydrogen) atoms. The first-order chi connectivity index (χ1) is 4.86. The zero-order chi connectivity index (χ0) is 6.97. The van der Waals surface area contributed by atoms with Crippen molar-refractivity contribution in [2.45, 2.75) is 5.25 Å². The number of likely N-dealkylation sites (tertiary alicyclic amines) is 1. The predicted molar refractivity (Wildman–Crippen MR) is 49.1 cm³/mol. The van der Waals surface area contributed by atoms with Gasteiger partial charge in [-0.05, 0) is 0 Å². The number of hydrogen-bond donors (Lipinski definition) is 1. The van der Waals surface area contributed by atoms with Crippen LogP contribution in [0.4, 0.5) is 0 Å². The van der Waals surface area contributed by atoms with Crippen molar-refractivity contribution in [1.29, 1.82) is 0 Å². The van der Waals surface area contributed by atoms with E-state index in [1.807, 2.05) is 11.8 Å². The second kappa shape index (κ2) is 2.66. The summed E-state index contributed by atoms with van der Waals surface area (Å²) in [7, 11) is 0. The topological polar surface area (TPSA) is 15.6 Å². The zero-order valence-electron chi connectivity index (χ0n) is 5.66. The van der Waals surface area contributed by atoms with Crippen molar-refractivity contribution in [2.24, 2.45) is 4.99 Å². The summed E-state index contributed by atoms with van der Waals surface area (Å²) in [5.74, 6) is 1.17. The number of hydrogen-bond acceptors (Lipinski definition) is 4. The maximum atomic E-state index is 4.36. The lowest BCUT2D eigenvalue weighted by atomic mass is 10.2. The Balaban J connectivity index is 1.89. The average molecular weight is 174 g/mol. The standard InChI is InChI=1S/C6H10N2S2/c9-5-3-8(4-5)6-7-1-2-10-6/h5,9H,1-4H2. The number of thiol groups is 1. The van der Waals surface area contributed by atoms with E-state index in [1.165, 1.54) is 10.9 Å². The van der Waals surface area contributed by atoms with Crippen molar-refractivity contribution >= 4 is 29.6 Å². The maximum Gasteiger partial charge on any atom is 0.159 e. The molecule has 0 saturated carbocycles. The molecule has 4 heteroatoms. The van der Waals surface area contributed by atoms with Crippen LogP contribution in [-0.4, -0.2) is 40.7 Å². The molecule has 2 heterocycles. The average Bonchev–Trinajstić information content (AvgIpc) is 2.31. The minimum Gasteiger partial charge on any atom is -0.349 e. The molecule has 2 aliphatic rings. The summed E-state index contributed by atoms with van der Waals surface area (Å²) in [6.45, 7) is 3.19. The fourth-order valence-corrected chi connectivity index (χ4v) is 2.40. The van der Waals surface area contributed by atoms with Gasteiger partial charge in [0.15, 0.2) is 5.17 Å². The molecule has 0 atom stereocenters. The fourth-order valence-electron chi connectivity index (χ4n) is 1.13. The molecule has 56 valence electrons. The lowest BCUT2D eigenvalue weighted by Crippen LogP contribution is -2.49. The van der Waals surface area contributed by atoms with Crippen LogP contribution in [-0.2, 0) is 0 Å². The Labute approximate surface area is 70.5 Å². The van der Waals surface area contributed by atoms with Crippen LogP contribution in [0.1, 0.15) is 0 Å². The Hall–Kier alpha value is 0.170. The molecule has 0 amide bonds. The summed E-state index contributed by atoms with van der Waals surface area (Å²) in [4.78, 5) is 6.66. The predicted octanol–water partition coefficient (Wildman–Crippen LogP) is 0.703. The maximum absolute atomic E-state index is 4.36. The smallest absolute Gasteiger partial charge is 0.159 e. The van der Waals surface area contributed by atoms with Gasteiger partial charge in [-0.2, -0.15) is 12.6 Å². The van der Waals surface area contributed by atoms with Gasteiger partial charge in [0.05, 0.1) is 6.54 Å². The molecule has 0 aliphatic carbocycles. The van der Waals surface area contributed by atoms with Gasteiger partial charge in [-0.3, -0.25) is 4.99 Å². The molecule has 0 radical (unpaired) electrons. The monoisotopic (exact) mass is 174 g/mol. The van der Waals surface area contributed by atoms with Crippen molar-refractivity contribution in [2.75, 3.05) is 25.4 Å². The van der Waals surface area contributed by atoms with Gasteiger partial charge in [-0.25, -0.2) is 0 Å². The second-order valence-corrected chi connectivity index (χ2v) is 4.36. The van der Waals surface area contributed by atoms with E-state index in [9.17, 15) is 0 Å². The van der Waals surface area contributed by atoms with Crippen molar-refractivity contribution in [1.82, 2.24) is 4.90 Å². The van der Waals surface area contributed by atoms with Crippen LogP contribution in [0.2, 0.25) is 0 Å². The van der Waals surface area contributed by atoms with Gasteiger partial charge in [-0.15, -0.1) is 0 Å². The van der Waals surface area contributed by atoms with E-state index in [0.29, 0.717) is 5.25 Å². The molecule has 2 nitrogen and oxygen atoms in total. The third-order valence-corrected chi connectivity index (χ3v) is 3.06.